The van der Waals surface area contributed by atoms with Crippen LogP contribution < -0.4 is 0 Å². The van der Waals surface area contributed by atoms with Crippen LogP contribution in [0.25, 0.3) is 11.6 Å². The number of carbonyl (C=O) groups is 1. The molecule has 0 aromatic carbocycles. The van der Waals surface area contributed by atoms with Crippen LogP contribution in [-0.4, -0.2) is 21.4 Å². The predicted molar refractivity (Wildman–Crippen MR) is 45.5 cm³/mol. The van der Waals surface area contributed by atoms with Crippen molar-refractivity contribution in [3.8, 4) is 11.6 Å². The highest BCUT2D eigenvalue weighted by Crippen LogP contribution is 2.18. The van der Waals surface area contributed by atoms with Crippen molar-refractivity contribution >= 4 is 17.6 Å². The van der Waals surface area contributed by atoms with E-state index in [1.54, 1.807) is 12.3 Å². The van der Waals surface area contributed by atoms with E-state index < -0.39 is 0 Å². The lowest BCUT2D eigenvalue weighted by atomic mass is 10.5. The van der Waals surface area contributed by atoms with E-state index in [4.69, 9.17) is 4.52 Å². The Kier molecular flexibility index (Phi) is 1.90. The van der Waals surface area contributed by atoms with Crippen molar-refractivity contribution in [3.63, 3.8) is 0 Å². The fourth-order valence-electron chi connectivity index (χ4n) is 0.841. The van der Waals surface area contributed by atoms with Gasteiger partial charge in [0.2, 0.25) is 0 Å². The van der Waals surface area contributed by atoms with Crippen LogP contribution >= 0.6 is 11.3 Å². The molecule has 0 aliphatic carbocycles. The maximum atomic E-state index is 10.3. The van der Waals surface area contributed by atoms with Crippen molar-refractivity contribution in [1.29, 1.82) is 0 Å². The van der Waals surface area contributed by atoms with Gasteiger partial charge in [-0.2, -0.15) is 4.98 Å². The second-order valence-electron chi connectivity index (χ2n) is 2.34. The highest BCUT2D eigenvalue weighted by molar-refractivity contribution is 7.11. The zero-order valence-corrected chi connectivity index (χ0v) is 7.54. The molecule has 2 heterocycles. The molecule has 0 atom stereocenters. The lowest BCUT2D eigenvalue weighted by Crippen LogP contribution is -1.80. The van der Waals surface area contributed by atoms with Gasteiger partial charge in [0.1, 0.15) is 5.69 Å². The summed E-state index contributed by atoms with van der Waals surface area (Å²) in [5.74, 6) is 0.900. The number of hydrogen-bond donors (Lipinski definition) is 0. The Labute approximate surface area is 77.4 Å². The number of thiazole rings is 1. The summed E-state index contributed by atoms with van der Waals surface area (Å²) in [5, 5.41) is 5.73. The van der Waals surface area contributed by atoms with Crippen LogP contribution in [0.2, 0.25) is 0 Å². The van der Waals surface area contributed by atoms with E-state index in [1.807, 2.05) is 0 Å². The van der Waals surface area contributed by atoms with Gasteiger partial charge >= 0.3 is 0 Å². The normalized spacial score (nSPS) is 10.2. The molecule has 6 heteroatoms. The van der Waals surface area contributed by atoms with Gasteiger partial charge in [0.15, 0.2) is 17.1 Å². The van der Waals surface area contributed by atoms with Crippen LogP contribution in [0.1, 0.15) is 15.6 Å². The van der Waals surface area contributed by atoms with Crippen molar-refractivity contribution in [2.75, 3.05) is 0 Å². The maximum Gasteiger partial charge on any atom is 0.277 e. The molecule has 0 aliphatic rings. The van der Waals surface area contributed by atoms with Gasteiger partial charge in [-0.3, -0.25) is 4.79 Å². The Morgan fingerprint density at radius 3 is 2.92 bits per heavy atom. The highest BCUT2D eigenvalue weighted by atomic mass is 32.1. The average molecular weight is 195 g/mol. The van der Waals surface area contributed by atoms with Gasteiger partial charge in [0, 0.05) is 5.38 Å². The zero-order valence-electron chi connectivity index (χ0n) is 6.72. The van der Waals surface area contributed by atoms with Crippen LogP contribution in [-0.2, 0) is 0 Å². The molecule has 2 aromatic heterocycles. The van der Waals surface area contributed by atoms with Gasteiger partial charge in [-0.15, -0.1) is 11.3 Å². The summed E-state index contributed by atoms with van der Waals surface area (Å²) in [5.41, 5.74) is 0.549. The third kappa shape index (κ3) is 1.48. The SMILES string of the molecule is Cc1noc(-c2csc(C=O)n2)n1. The summed E-state index contributed by atoms with van der Waals surface area (Å²) in [4.78, 5) is 18.3. The van der Waals surface area contributed by atoms with Crippen LogP contribution in [0.5, 0.6) is 0 Å². The topological polar surface area (TPSA) is 68.9 Å². The molecule has 0 aliphatic heterocycles. The molecule has 0 amide bonds. The van der Waals surface area contributed by atoms with Gasteiger partial charge < -0.3 is 4.52 Å². The first kappa shape index (κ1) is 8.06. The van der Waals surface area contributed by atoms with Crippen LogP contribution in [0.3, 0.4) is 0 Å². The Balaban J connectivity index is 2.40. The quantitative estimate of drug-likeness (QED) is 0.676. The molecule has 0 bridgehead atoms. The van der Waals surface area contributed by atoms with Crippen molar-refractivity contribution in [1.82, 2.24) is 15.1 Å². The van der Waals surface area contributed by atoms with Gasteiger partial charge in [-0.25, -0.2) is 4.98 Å². The first-order valence-corrected chi connectivity index (χ1v) is 4.39. The number of aromatic nitrogens is 3. The van der Waals surface area contributed by atoms with Crippen molar-refractivity contribution in [2.24, 2.45) is 0 Å². The fraction of sp³-hybridized carbons (Fsp3) is 0.143. The molecular weight excluding hydrogens is 190 g/mol. The van der Waals surface area contributed by atoms with E-state index in [2.05, 4.69) is 15.1 Å². The van der Waals surface area contributed by atoms with Gasteiger partial charge in [0.05, 0.1) is 0 Å². The molecule has 13 heavy (non-hydrogen) atoms. The van der Waals surface area contributed by atoms with Gasteiger partial charge in [-0.1, -0.05) is 5.16 Å². The van der Waals surface area contributed by atoms with E-state index in [1.165, 1.54) is 11.3 Å². The predicted octanol–water partition coefficient (Wildman–Crippen LogP) is 1.31. The maximum absolute atomic E-state index is 10.3. The molecule has 0 spiro atoms. The minimum atomic E-state index is 0.349. The van der Waals surface area contributed by atoms with E-state index in [-0.39, 0.29) is 0 Å². The molecule has 5 nitrogen and oxygen atoms in total. The molecule has 0 unspecified atom stereocenters. The molecule has 0 N–H and O–H groups in total. The molecule has 0 saturated carbocycles. The minimum Gasteiger partial charge on any atom is -0.332 e. The molecule has 66 valence electrons. The third-order valence-corrected chi connectivity index (χ3v) is 2.14. The summed E-state index contributed by atoms with van der Waals surface area (Å²) in [6.45, 7) is 1.72. The fourth-order valence-corrected chi connectivity index (χ4v) is 1.43. The lowest BCUT2D eigenvalue weighted by molar-refractivity contribution is 0.112. The minimum absolute atomic E-state index is 0.349. The molecule has 0 fully saturated rings. The average Bonchev–Trinajstić information content (AvgIpc) is 2.71. The zero-order chi connectivity index (χ0) is 9.26. The molecular formula is C7H5N3O2S. The first-order valence-electron chi connectivity index (χ1n) is 3.51. The summed E-state index contributed by atoms with van der Waals surface area (Å²) in [7, 11) is 0. The first-order chi connectivity index (χ1) is 6.29. The van der Waals surface area contributed by atoms with Crippen molar-refractivity contribution < 1.29 is 9.32 Å². The second kappa shape index (κ2) is 3.06. The third-order valence-electron chi connectivity index (χ3n) is 1.37. The summed E-state index contributed by atoms with van der Waals surface area (Å²) in [6.07, 6.45) is 0.692. The number of nitrogens with zero attached hydrogens (tertiary/aromatic N) is 3. The van der Waals surface area contributed by atoms with Crippen molar-refractivity contribution in [3.05, 3.63) is 16.2 Å². The highest BCUT2D eigenvalue weighted by Gasteiger charge is 2.09. The standard InChI is InChI=1S/C7H5N3O2S/c1-4-8-7(12-10-4)5-3-13-6(2-11)9-5/h2-3H,1H3. The van der Waals surface area contributed by atoms with Crippen LogP contribution in [0.4, 0.5) is 0 Å². The Morgan fingerprint density at radius 2 is 2.38 bits per heavy atom. The summed E-state index contributed by atoms with van der Waals surface area (Å²) >= 11 is 1.25. The van der Waals surface area contributed by atoms with E-state index in [0.29, 0.717) is 28.7 Å². The number of hydrogen-bond acceptors (Lipinski definition) is 6. The van der Waals surface area contributed by atoms with E-state index in [9.17, 15) is 4.79 Å². The summed E-state index contributed by atoms with van der Waals surface area (Å²) < 4.78 is 4.88. The summed E-state index contributed by atoms with van der Waals surface area (Å²) in [6, 6.07) is 0. The lowest BCUT2D eigenvalue weighted by Gasteiger charge is -1.81. The van der Waals surface area contributed by atoms with Crippen molar-refractivity contribution in [2.45, 2.75) is 6.92 Å². The molecule has 2 rings (SSSR count). The Bertz CT molecular complexity index is 434. The van der Waals surface area contributed by atoms with E-state index >= 15 is 0 Å². The van der Waals surface area contributed by atoms with Gasteiger partial charge in [0.25, 0.3) is 5.89 Å². The Hall–Kier alpha value is -1.56. The van der Waals surface area contributed by atoms with E-state index in [0.717, 1.165) is 0 Å². The smallest absolute Gasteiger partial charge is 0.277 e. The number of aryl methyl sites for hydroxylation is 1. The largest absolute Gasteiger partial charge is 0.332 e. The van der Waals surface area contributed by atoms with Crippen LogP contribution in [0.15, 0.2) is 9.90 Å². The molecule has 0 radical (unpaired) electrons. The van der Waals surface area contributed by atoms with Gasteiger partial charge in [-0.05, 0) is 6.92 Å². The van der Waals surface area contributed by atoms with Crippen LogP contribution in [0, 0.1) is 6.92 Å². The monoisotopic (exact) mass is 195 g/mol. The molecule has 2 aromatic rings. The second-order valence-corrected chi connectivity index (χ2v) is 3.23. The number of carbonyl (C=O) groups excluding carboxylic acids is 1. The Morgan fingerprint density at radius 1 is 1.54 bits per heavy atom. The number of aldehydes is 1. The number of rotatable bonds is 2. The molecule has 0 saturated heterocycles.